The number of hydrogen-bond donors (Lipinski definition) is 0. The highest BCUT2D eigenvalue weighted by Gasteiger charge is 2.28. The first-order valence-corrected chi connectivity index (χ1v) is 10.5. The molecule has 0 bridgehead atoms. The standard InChI is InChI=1S/C27H25NO4/c1-2-32-27(30)25(26(29)19-31-18-21-8-4-3-5-9-21)16-20-12-14-22(15-13-20)24-11-7-6-10-23(24)17-28/h3-15,25H,2,16,18-19H2,1H3. The lowest BCUT2D eigenvalue weighted by atomic mass is 9.93. The van der Waals surface area contributed by atoms with Crippen molar-refractivity contribution in [1.82, 2.24) is 0 Å². The van der Waals surface area contributed by atoms with E-state index in [1.165, 1.54) is 0 Å². The van der Waals surface area contributed by atoms with Gasteiger partial charge >= 0.3 is 5.97 Å². The van der Waals surface area contributed by atoms with Crippen LogP contribution in [0.1, 0.15) is 23.6 Å². The third-order valence-corrected chi connectivity index (χ3v) is 5.07. The number of benzene rings is 3. The lowest BCUT2D eigenvalue weighted by Gasteiger charge is -2.15. The second-order valence-corrected chi connectivity index (χ2v) is 7.31. The lowest BCUT2D eigenvalue weighted by Crippen LogP contribution is -2.31. The van der Waals surface area contributed by atoms with Gasteiger partial charge < -0.3 is 9.47 Å². The van der Waals surface area contributed by atoms with Gasteiger partial charge in [-0.2, -0.15) is 5.26 Å². The molecule has 0 radical (unpaired) electrons. The molecule has 0 aromatic heterocycles. The van der Waals surface area contributed by atoms with Crippen LogP contribution in [-0.4, -0.2) is 25.0 Å². The van der Waals surface area contributed by atoms with Crippen LogP contribution in [0.25, 0.3) is 11.1 Å². The Kier molecular flexibility index (Phi) is 8.30. The minimum atomic E-state index is -0.928. The van der Waals surface area contributed by atoms with Gasteiger partial charge in [0.25, 0.3) is 0 Å². The molecule has 0 aliphatic rings. The van der Waals surface area contributed by atoms with Gasteiger partial charge in [0.1, 0.15) is 12.5 Å². The number of nitrogens with zero attached hydrogens (tertiary/aromatic N) is 1. The van der Waals surface area contributed by atoms with E-state index in [1.807, 2.05) is 72.8 Å². The van der Waals surface area contributed by atoms with E-state index in [4.69, 9.17) is 9.47 Å². The summed E-state index contributed by atoms with van der Waals surface area (Å²) in [5.74, 6) is -1.78. The second-order valence-electron chi connectivity index (χ2n) is 7.31. The van der Waals surface area contributed by atoms with E-state index < -0.39 is 11.9 Å². The number of hydrogen-bond acceptors (Lipinski definition) is 5. The number of esters is 1. The molecule has 3 rings (SSSR count). The van der Waals surface area contributed by atoms with Crippen molar-refractivity contribution >= 4 is 11.8 Å². The third kappa shape index (κ3) is 6.13. The van der Waals surface area contributed by atoms with Gasteiger partial charge in [-0.15, -0.1) is 0 Å². The highest BCUT2D eigenvalue weighted by Crippen LogP contribution is 2.24. The van der Waals surface area contributed by atoms with Gasteiger partial charge in [0.2, 0.25) is 0 Å². The zero-order chi connectivity index (χ0) is 22.8. The Labute approximate surface area is 188 Å². The Balaban J connectivity index is 1.68. The number of rotatable bonds is 10. The smallest absolute Gasteiger partial charge is 0.316 e. The van der Waals surface area contributed by atoms with Gasteiger partial charge in [-0.1, -0.05) is 72.8 Å². The second kappa shape index (κ2) is 11.6. The maximum absolute atomic E-state index is 12.8. The molecule has 0 heterocycles. The Morgan fingerprint density at radius 1 is 0.906 bits per heavy atom. The van der Waals surface area contributed by atoms with E-state index in [0.717, 1.165) is 22.3 Å². The molecule has 0 aliphatic heterocycles. The molecule has 0 N–H and O–H groups in total. The van der Waals surface area contributed by atoms with Gasteiger partial charge in [0, 0.05) is 0 Å². The normalized spacial score (nSPS) is 11.4. The SMILES string of the molecule is CCOC(=O)C(Cc1ccc(-c2ccccc2C#N)cc1)C(=O)COCc1ccccc1. The van der Waals surface area contributed by atoms with E-state index in [-0.39, 0.29) is 25.4 Å². The van der Waals surface area contributed by atoms with Crippen LogP contribution < -0.4 is 0 Å². The van der Waals surface area contributed by atoms with Gasteiger partial charge in [0.15, 0.2) is 5.78 Å². The van der Waals surface area contributed by atoms with E-state index in [9.17, 15) is 14.9 Å². The maximum atomic E-state index is 12.8. The van der Waals surface area contributed by atoms with Crippen LogP contribution >= 0.6 is 0 Å². The van der Waals surface area contributed by atoms with Gasteiger partial charge in [-0.05, 0) is 41.7 Å². The predicted molar refractivity (Wildman–Crippen MR) is 122 cm³/mol. The number of ether oxygens (including phenoxy) is 2. The molecule has 0 fully saturated rings. The number of carbonyl (C=O) groups is 2. The fraction of sp³-hybridized carbons (Fsp3) is 0.222. The summed E-state index contributed by atoms with van der Waals surface area (Å²) in [6, 6.07) is 26.6. The highest BCUT2D eigenvalue weighted by atomic mass is 16.5. The molecule has 32 heavy (non-hydrogen) atoms. The van der Waals surface area contributed by atoms with Crippen molar-refractivity contribution < 1.29 is 19.1 Å². The molecule has 0 aliphatic carbocycles. The molecule has 5 nitrogen and oxygen atoms in total. The van der Waals surface area contributed by atoms with Crippen LogP contribution in [0.5, 0.6) is 0 Å². The van der Waals surface area contributed by atoms with Crippen LogP contribution in [0.15, 0.2) is 78.9 Å². The molecule has 0 saturated heterocycles. The molecule has 3 aromatic carbocycles. The Hall–Kier alpha value is -3.75. The van der Waals surface area contributed by atoms with E-state index in [1.54, 1.807) is 13.0 Å². The number of nitriles is 1. The van der Waals surface area contributed by atoms with Crippen LogP contribution in [0.4, 0.5) is 0 Å². The van der Waals surface area contributed by atoms with Gasteiger partial charge in [0.05, 0.1) is 24.8 Å². The largest absolute Gasteiger partial charge is 0.465 e. The molecule has 162 valence electrons. The molecule has 0 saturated carbocycles. The Bertz CT molecular complexity index is 1080. The first kappa shape index (κ1) is 22.9. The fourth-order valence-electron chi connectivity index (χ4n) is 3.40. The van der Waals surface area contributed by atoms with E-state index in [0.29, 0.717) is 12.2 Å². The highest BCUT2D eigenvalue weighted by molar-refractivity contribution is 6.00. The first-order valence-electron chi connectivity index (χ1n) is 10.5. The zero-order valence-electron chi connectivity index (χ0n) is 18.0. The Morgan fingerprint density at radius 2 is 1.59 bits per heavy atom. The first-order chi connectivity index (χ1) is 15.6. The molecule has 3 aromatic rings. The summed E-state index contributed by atoms with van der Waals surface area (Å²) in [4.78, 5) is 25.2. The lowest BCUT2D eigenvalue weighted by molar-refractivity contribution is -0.152. The summed E-state index contributed by atoms with van der Waals surface area (Å²) in [7, 11) is 0. The number of carbonyl (C=O) groups excluding carboxylic acids is 2. The fourth-order valence-corrected chi connectivity index (χ4v) is 3.40. The average Bonchev–Trinajstić information content (AvgIpc) is 2.83. The van der Waals surface area contributed by atoms with Crippen molar-refractivity contribution in [3.05, 3.63) is 95.6 Å². The van der Waals surface area contributed by atoms with Crippen molar-refractivity contribution in [3.8, 4) is 17.2 Å². The molecule has 1 unspecified atom stereocenters. The molecule has 0 spiro atoms. The number of Topliss-reactive ketones (excluding diaryl/α,β-unsaturated/α-hetero) is 1. The molecule has 5 heteroatoms. The summed E-state index contributed by atoms with van der Waals surface area (Å²) < 4.78 is 10.7. The van der Waals surface area contributed by atoms with Crippen LogP contribution in [0, 0.1) is 17.2 Å². The summed E-state index contributed by atoms with van der Waals surface area (Å²) in [5, 5.41) is 9.32. The van der Waals surface area contributed by atoms with Crippen molar-refractivity contribution in [2.75, 3.05) is 13.2 Å². The summed E-state index contributed by atoms with van der Waals surface area (Å²) in [6.07, 6.45) is 0.229. The quantitative estimate of drug-likeness (QED) is 0.345. The average molecular weight is 428 g/mol. The molecule has 1 atom stereocenters. The summed E-state index contributed by atoms with van der Waals surface area (Å²) in [5.41, 5.74) is 4.12. The van der Waals surface area contributed by atoms with Crippen molar-refractivity contribution in [2.24, 2.45) is 5.92 Å². The topological polar surface area (TPSA) is 76.4 Å². The van der Waals surface area contributed by atoms with Crippen LogP contribution in [0.2, 0.25) is 0 Å². The van der Waals surface area contributed by atoms with Gasteiger partial charge in [-0.25, -0.2) is 0 Å². The van der Waals surface area contributed by atoms with Crippen molar-refractivity contribution in [1.29, 1.82) is 5.26 Å². The monoisotopic (exact) mass is 427 g/mol. The van der Waals surface area contributed by atoms with Crippen molar-refractivity contribution in [3.63, 3.8) is 0 Å². The summed E-state index contributed by atoms with van der Waals surface area (Å²) >= 11 is 0. The van der Waals surface area contributed by atoms with Crippen molar-refractivity contribution in [2.45, 2.75) is 20.0 Å². The van der Waals surface area contributed by atoms with Gasteiger partial charge in [-0.3, -0.25) is 9.59 Å². The van der Waals surface area contributed by atoms with Crippen LogP contribution in [0.3, 0.4) is 0 Å². The van der Waals surface area contributed by atoms with E-state index >= 15 is 0 Å². The molecular formula is C27H25NO4. The minimum absolute atomic E-state index is 0.161. The Morgan fingerprint density at radius 3 is 2.28 bits per heavy atom. The molecule has 0 amide bonds. The molecular weight excluding hydrogens is 402 g/mol. The van der Waals surface area contributed by atoms with E-state index in [2.05, 4.69) is 6.07 Å². The summed E-state index contributed by atoms with van der Waals surface area (Å²) in [6.45, 7) is 2.06. The number of ketones is 1. The maximum Gasteiger partial charge on any atom is 0.316 e. The zero-order valence-corrected chi connectivity index (χ0v) is 18.0. The van der Waals surface area contributed by atoms with Crippen LogP contribution in [-0.2, 0) is 32.1 Å². The predicted octanol–water partition coefficient (Wildman–Crippen LogP) is 4.73. The third-order valence-electron chi connectivity index (χ3n) is 5.07. The minimum Gasteiger partial charge on any atom is -0.465 e.